The number of rotatable bonds is 5. The van der Waals surface area contributed by atoms with E-state index in [4.69, 9.17) is 9.47 Å². The van der Waals surface area contributed by atoms with E-state index in [0.717, 1.165) is 26.4 Å². The minimum absolute atomic E-state index is 0. The molecule has 4 heteroatoms. The Morgan fingerprint density at radius 3 is 1.30 bits per heavy atom. The predicted octanol–water partition coefficient (Wildman–Crippen LogP) is 1.38. The lowest BCUT2D eigenvalue weighted by Gasteiger charge is -1.99. The Kier molecular flexibility index (Phi) is 26.2. The zero-order chi connectivity index (χ0) is 6.24. The van der Waals surface area contributed by atoms with Gasteiger partial charge in [-0.1, -0.05) is 0 Å². The monoisotopic (exact) mass is 152 g/mol. The van der Waals surface area contributed by atoms with E-state index in [1.54, 1.807) is 0 Å². The van der Waals surface area contributed by atoms with Gasteiger partial charge in [0.15, 0.2) is 0 Å². The molecule has 0 bridgehead atoms. The largest absolute Gasteiger partial charge is 0.379 e. The Morgan fingerprint density at radius 1 is 0.800 bits per heavy atom. The van der Waals surface area contributed by atoms with E-state index in [2.05, 4.69) is 0 Å². The van der Waals surface area contributed by atoms with Crippen LogP contribution in [0.4, 0.5) is 0 Å². The molecular formula is C6H20N2O2. The van der Waals surface area contributed by atoms with E-state index < -0.39 is 0 Å². The van der Waals surface area contributed by atoms with Crippen molar-refractivity contribution in [3.8, 4) is 0 Å². The molecule has 0 aromatic rings. The van der Waals surface area contributed by atoms with Crippen LogP contribution in [0.2, 0.25) is 0 Å². The van der Waals surface area contributed by atoms with Gasteiger partial charge in [-0.25, -0.2) is 0 Å². The Labute approximate surface area is 63.1 Å². The topological polar surface area (TPSA) is 88.5 Å². The summed E-state index contributed by atoms with van der Waals surface area (Å²) in [7, 11) is 0. The second kappa shape index (κ2) is 15.9. The molecule has 0 amide bonds. The van der Waals surface area contributed by atoms with Gasteiger partial charge in [0.25, 0.3) is 0 Å². The second-order valence-corrected chi connectivity index (χ2v) is 1.39. The van der Waals surface area contributed by atoms with Crippen LogP contribution in [-0.4, -0.2) is 26.4 Å². The fraction of sp³-hybridized carbons (Fsp3) is 1.00. The highest BCUT2D eigenvalue weighted by Crippen LogP contribution is 1.75. The smallest absolute Gasteiger partial charge is 0.0700 e. The second-order valence-electron chi connectivity index (χ2n) is 1.39. The average Bonchev–Trinajstić information content (AvgIpc) is 1.81. The molecule has 0 rings (SSSR count). The fourth-order valence-corrected chi connectivity index (χ4v) is 0.407. The van der Waals surface area contributed by atoms with E-state index in [0.29, 0.717) is 0 Å². The van der Waals surface area contributed by atoms with Crippen LogP contribution in [0.3, 0.4) is 0 Å². The molecule has 4 nitrogen and oxygen atoms in total. The van der Waals surface area contributed by atoms with Crippen LogP contribution < -0.4 is 12.3 Å². The van der Waals surface area contributed by atoms with E-state index in [-0.39, 0.29) is 12.3 Å². The van der Waals surface area contributed by atoms with Gasteiger partial charge >= 0.3 is 0 Å². The Morgan fingerprint density at radius 2 is 1.10 bits per heavy atom. The molecule has 0 saturated carbocycles. The lowest BCUT2D eigenvalue weighted by molar-refractivity contribution is 0.0584. The zero-order valence-corrected chi connectivity index (χ0v) is 7.06. The highest BCUT2D eigenvalue weighted by molar-refractivity contribution is 4.24. The summed E-state index contributed by atoms with van der Waals surface area (Å²) in [6, 6.07) is 0. The van der Waals surface area contributed by atoms with Crippen LogP contribution >= 0.6 is 0 Å². The van der Waals surface area contributed by atoms with Crippen molar-refractivity contribution in [1.29, 1.82) is 0 Å². The molecule has 6 N–H and O–H groups in total. The highest BCUT2D eigenvalue weighted by atomic mass is 16.5. The van der Waals surface area contributed by atoms with E-state index in [9.17, 15) is 0 Å². The van der Waals surface area contributed by atoms with Gasteiger partial charge in [0.2, 0.25) is 0 Å². The van der Waals surface area contributed by atoms with Crippen molar-refractivity contribution in [2.45, 2.75) is 13.8 Å². The SMILES string of the molecule is CCOCCOCC.N.N. The van der Waals surface area contributed by atoms with Crippen molar-refractivity contribution in [2.75, 3.05) is 26.4 Å². The van der Waals surface area contributed by atoms with Crippen molar-refractivity contribution in [2.24, 2.45) is 0 Å². The Bertz CT molecular complexity index is 38.7. The molecule has 0 saturated heterocycles. The van der Waals surface area contributed by atoms with Crippen LogP contribution in [0.5, 0.6) is 0 Å². The third-order valence-corrected chi connectivity index (χ3v) is 0.780. The maximum absolute atomic E-state index is 5.01. The standard InChI is InChI=1S/C6H14O2.2H3N/c1-3-7-5-6-8-4-2;;/h3-6H2,1-2H3;2*1H3. The van der Waals surface area contributed by atoms with Crippen LogP contribution in [-0.2, 0) is 9.47 Å². The third kappa shape index (κ3) is 15.7. The molecule has 0 radical (unpaired) electrons. The third-order valence-electron chi connectivity index (χ3n) is 0.780. The molecule has 66 valence electrons. The highest BCUT2D eigenvalue weighted by Gasteiger charge is 1.81. The first kappa shape index (κ1) is 16.4. The predicted molar refractivity (Wildman–Crippen MR) is 43.0 cm³/mol. The summed E-state index contributed by atoms with van der Waals surface area (Å²) in [4.78, 5) is 0. The van der Waals surface area contributed by atoms with Gasteiger partial charge in [-0.05, 0) is 13.8 Å². The molecule has 0 aliphatic carbocycles. The van der Waals surface area contributed by atoms with Crippen molar-refractivity contribution < 1.29 is 9.47 Å². The van der Waals surface area contributed by atoms with Gasteiger partial charge in [0, 0.05) is 13.2 Å². The number of ether oxygens (including phenoxy) is 2. The summed E-state index contributed by atoms with van der Waals surface area (Å²) >= 11 is 0. The molecule has 0 unspecified atom stereocenters. The molecule has 0 aromatic carbocycles. The van der Waals surface area contributed by atoms with Gasteiger partial charge in [-0.2, -0.15) is 0 Å². The molecular weight excluding hydrogens is 132 g/mol. The number of hydrogen-bond acceptors (Lipinski definition) is 4. The summed E-state index contributed by atoms with van der Waals surface area (Å²) in [6.07, 6.45) is 0. The minimum atomic E-state index is 0. The molecule has 0 aliphatic rings. The first-order chi connectivity index (χ1) is 3.91. The van der Waals surface area contributed by atoms with Crippen LogP contribution in [0.15, 0.2) is 0 Å². The Hall–Kier alpha value is -0.160. The zero-order valence-electron chi connectivity index (χ0n) is 7.06. The summed E-state index contributed by atoms with van der Waals surface area (Å²) < 4.78 is 10.0. The van der Waals surface area contributed by atoms with Crippen molar-refractivity contribution in [3.05, 3.63) is 0 Å². The van der Waals surface area contributed by atoms with Gasteiger partial charge in [0.05, 0.1) is 13.2 Å². The molecule has 0 spiro atoms. The first-order valence-electron chi connectivity index (χ1n) is 3.07. The van der Waals surface area contributed by atoms with Crippen LogP contribution in [0.25, 0.3) is 0 Å². The maximum atomic E-state index is 5.01. The normalized spacial score (nSPS) is 7.80. The summed E-state index contributed by atoms with van der Waals surface area (Å²) in [6.45, 7) is 6.98. The summed E-state index contributed by atoms with van der Waals surface area (Å²) in [5.74, 6) is 0. The summed E-state index contributed by atoms with van der Waals surface area (Å²) in [5.41, 5.74) is 0. The molecule has 0 aliphatic heterocycles. The van der Waals surface area contributed by atoms with Gasteiger partial charge in [-0.3, -0.25) is 0 Å². The number of hydrogen-bond donors (Lipinski definition) is 2. The van der Waals surface area contributed by atoms with Crippen molar-refractivity contribution >= 4 is 0 Å². The van der Waals surface area contributed by atoms with E-state index in [1.165, 1.54) is 0 Å². The lowest BCUT2D eigenvalue weighted by Crippen LogP contribution is -2.02. The van der Waals surface area contributed by atoms with Gasteiger partial charge < -0.3 is 21.8 Å². The van der Waals surface area contributed by atoms with Crippen LogP contribution in [0.1, 0.15) is 13.8 Å². The van der Waals surface area contributed by atoms with E-state index in [1.807, 2.05) is 13.8 Å². The average molecular weight is 152 g/mol. The first-order valence-corrected chi connectivity index (χ1v) is 3.07. The molecule has 0 fully saturated rings. The minimum Gasteiger partial charge on any atom is -0.379 e. The molecule has 10 heavy (non-hydrogen) atoms. The molecule has 0 aromatic heterocycles. The fourth-order valence-electron chi connectivity index (χ4n) is 0.407. The lowest BCUT2D eigenvalue weighted by atomic mass is 10.7. The van der Waals surface area contributed by atoms with Crippen molar-refractivity contribution in [1.82, 2.24) is 12.3 Å². The quantitative estimate of drug-likeness (QED) is 0.582. The van der Waals surface area contributed by atoms with E-state index >= 15 is 0 Å². The van der Waals surface area contributed by atoms with Crippen LogP contribution in [0, 0.1) is 0 Å². The summed E-state index contributed by atoms with van der Waals surface area (Å²) in [5, 5.41) is 0. The molecule has 0 atom stereocenters. The maximum Gasteiger partial charge on any atom is 0.0700 e. The van der Waals surface area contributed by atoms with Crippen molar-refractivity contribution in [3.63, 3.8) is 0 Å². The van der Waals surface area contributed by atoms with Gasteiger partial charge in [0.1, 0.15) is 0 Å². The molecule has 0 heterocycles. The Balaban J connectivity index is -0.000000245. The van der Waals surface area contributed by atoms with Gasteiger partial charge in [-0.15, -0.1) is 0 Å².